The van der Waals surface area contributed by atoms with E-state index >= 15 is 0 Å². The standard InChI is InChI=1S/C30H35N3O3S/c1-35-28-14-13-22(20-29(28)36-2)26(12-7-19-37-23-8-4-3-5-9-23)33-21-25-24(30(33)34)10-6-11-27(25)32-17-15-31-16-18-32/h3-6,8-11,13-14,20,26,31H,7,12,15-19,21H2,1-2H3/t26-/m1/s1. The van der Waals surface area contributed by atoms with Crippen LogP contribution in [0.4, 0.5) is 5.69 Å². The number of carbonyl (C=O) groups excluding carboxylic acids is 1. The maximum Gasteiger partial charge on any atom is 0.255 e. The van der Waals surface area contributed by atoms with Crippen LogP contribution in [-0.2, 0) is 6.54 Å². The Labute approximate surface area is 223 Å². The number of nitrogens with zero attached hydrogens (tertiary/aromatic N) is 2. The lowest BCUT2D eigenvalue weighted by atomic mass is 10.00. The minimum atomic E-state index is -0.0491. The monoisotopic (exact) mass is 517 g/mol. The van der Waals surface area contributed by atoms with Gasteiger partial charge in [0, 0.05) is 54.4 Å². The number of nitrogens with one attached hydrogen (secondary N) is 1. The lowest BCUT2D eigenvalue weighted by Gasteiger charge is -2.32. The minimum Gasteiger partial charge on any atom is -0.493 e. The van der Waals surface area contributed by atoms with Gasteiger partial charge >= 0.3 is 0 Å². The number of methoxy groups -OCH3 is 2. The molecule has 2 heterocycles. The molecule has 5 rings (SSSR count). The zero-order valence-electron chi connectivity index (χ0n) is 21.6. The van der Waals surface area contributed by atoms with Crippen LogP contribution in [0, 0.1) is 0 Å². The number of thioether (sulfide) groups is 1. The molecule has 0 unspecified atom stereocenters. The Morgan fingerprint density at radius 2 is 1.73 bits per heavy atom. The molecule has 0 aliphatic carbocycles. The second-order valence-electron chi connectivity index (χ2n) is 9.41. The van der Waals surface area contributed by atoms with Gasteiger partial charge < -0.3 is 24.6 Å². The summed E-state index contributed by atoms with van der Waals surface area (Å²) in [6, 6.07) is 22.7. The fourth-order valence-corrected chi connectivity index (χ4v) is 6.23. The second kappa shape index (κ2) is 11.9. The van der Waals surface area contributed by atoms with E-state index in [-0.39, 0.29) is 11.9 Å². The van der Waals surface area contributed by atoms with E-state index in [1.807, 2.05) is 42.1 Å². The predicted molar refractivity (Wildman–Crippen MR) is 150 cm³/mol. The maximum atomic E-state index is 13.8. The SMILES string of the molecule is COc1ccc([C@@H](CCCSc2ccccc2)N2Cc3c(cccc3N3CCNCC3)C2=O)cc1OC. The summed E-state index contributed by atoms with van der Waals surface area (Å²) in [5.41, 5.74) is 4.26. The number of rotatable bonds is 10. The highest BCUT2D eigenvalue weighted by Gasteiger charge is 2.36. The van der Waals surface area contributed by atoms with E-state index in [1.165, 1.54) is 10.6 Å². The highest BCUT2D eigenvalue weighted by Crippen LogP contribution is 2.40. The first-order chi connectivity index (χ1) is 18.2. The number of amides is 1. The Kier molecular flexibility index (Phi) is 8.21. The number of anilines is 1. The van der Waals surface area contributed by atoms with Gasteiger partial charge in [-0.1, -0.05) is 30.3 Å². The number of hydrogen-bond acceptors (Lipinski definition) is 6. The molecule has 3 aromatic rings. The average Bonchev–Trinajstić information content (AvgIpc) is 3.29. The normalized spacial score (nSPS) is 16.0. The lowest BCUT2D eigenvalue weighted by molar-refractivity contribution is 0.0690. The maximum absolute atomic E-state index is 13.8. The van der Waals surface area contributed by atoms with Crippen molar-refractivity contribution in [3.05, 3.63) is 83.4 Å². The van der Waals surface area contributed by atoms with Gasteiger partial charge in [0.05, 0.1) is 20.3 Å². The molecule has 0 saturated carbocycles. The van der Waals surface area contributed by atoms with Crippen LogP contribution in [0.15, 0.2) is 71.6 Å². The summed E-state index contributed by atoms with van der Waals surface area (Å²) in [4.78, 5) is 19.6. The van der Waals surface area contributed by atoms with Crippen LogP contribution in [0.1, 0.15) is 40.4 Å². The largest absolute Gasteiger partial charge is 0.493 e. The van der Waals surface area contributed by atoms with E-state index in [0.29, 0.717) is 18.0 Å². The van der Waals surface area contributed by atoms with Gasteiger partial charge in [-0.2, -0.15) is 0 Å². The van der Waals surface area contributed by atoms with Gasteiger partial charge in [0.25, 0.3) is 5.91 Å². The zero-order chi connectivity index (χ0) is 25.6. The lowest BCUT2D eigenvalue weighted by Crippen LogP contribution is -2.43. The Morgan fingerprint density at radius 1 is 0.946 bits per heavy atom. The molecule has 1 fully saturated rings. The third-order valence-electron chi connectivity index (χ3n) is 7.23. The summed E-state index contributed by atoms with van der Waals surface area (Å²) in [5, 5.41) is 3.43. The van der Waals surface area contributed by atoms with Crippen molar-refractivity contribution in [2.75, 3.05) is 51.1 Å². The van der Waals surface area contributed by atoms with Crippen LogP contribution in [0.2, 0.25) is 0 Å². The van der Waals surface area contributed by atoms with Gasteiger partial charge in [-0.15, -0.1) is 11.8 Å². The van der Waals surface area contributed by atoms with Crippen molar-refractivity contribution >= 4 is 23.4 Å². The van der Waals surface area contributed by atoms with Crippen LogP contribution in [0.3, 0.4) is 0 Å². The van der Waals surface area contributed by atoms with E-state index < -0.39 is 0 Å². The van der Waals surface area contributed by atoms with E-state index in [1.54, 1.807) is 14.2 Å². The Bertz CT molecular complexity index is 1210. The van der Waals surface area contributed by atoms with Crippen LogP contribution in [0.25, 0.3) is 0 Å². The molecular weight excluding hydrogens is 482 g/mol. The molecule has 6 nitrogen and oxygen atoms in total. The number of ether oxygens (including phenoxy) is 2. The molecule has 2 aliphatic rings. The molecule has 1 amide bonds. The third kappa shape index (κ3) is 5.58. The average molecular weight is 518 g/mol. The first kappa shape index (κ1) is 25.5. The molecule has 2 aliphatic heterocycles. The van der Waals surface area contributed by atoms with Crippen molar-refractivity contribution in [2.45, 2.75) is 30.3 Å². The van der Waals surface area contributed by atoms with Crippen molar-refractivity contribution in [3.8, 4) is 11.5 Å². The van der Waals surface area contributed by atoms with E-state index in [9.17, 15) is 4.79 Å². The van der Waals surface area contributed by atoms with Crippen molar-refractivity contribution in [1.82, 2.24) is 10.2 Å². The molecule has 0 bridgehead atoms. The molecule has 0 aromatic heterocycles. The summed E-state index contributed by atoms with van der Waals surface area (Å²) < 4.78 is 11.1. The van der Waals surface area contributed by atoms with Crippen LogP contribution >= 0.6 is 11.8 Å². The Hall–Kier alpha value is -3.16. The third-order valence-corrected chi connectivity index (χ3v) is 8.33. The van der Waals surface area contributed by atoms with Crippen molar-refractivity contribution < 1.29 is 14.3 Å². The summed E-state index contributed by atoms with van der Waals surface area (Å²) in [5.74, 6) is 2.49. The van der Waals surface area contributed by atoms with Gasteiger partial charge in [-0.3, -0.25) is 4.79 Å². The van der Waals surface area contributed by atoms with Gasteiger partial charge in [0.15, 0.2) is 11.5 Å². The Balaban J connectivity index is 1.40. The summed E-state index contributed by atoms with van der Waals surface area (Å²) in [6.45, 7) is 4.48. The summed E-state index contributed by atoms with van der Waals surface area (Å²) >= 11 is 1.86. The highest BCUT2D eigenvalue weighted by molar-refractivity contribution is 7.99. The number of fused-ring (bicyclic) bond motifs is 1. The Morgan fingerprint density at radius 3 is 2.49 bits per heavy atom. The molecule has 1 N–H and O–H groups in total. The van der Waals surface area contributed by atoms with Gasteiger partial charge in [0.1, 0.15) is 0 Å². The minimum absolute atomic E-state index is 0.0491. The number of carbonyl (C=O) groups is 1. The molecule has 1 saturated heterocycles. The fourth-order valence-electron chi connectivity index (χ4n) is 5.34. The molecule has 37 heavy (non-hydrogen) atoms. The smallest absolute Gasteiger partial charge is 0.255 e. The first-order valence-electron chi connectivity index (χ1n) is 13.0. The summed E-state index contributed by atoms with van der Waals surface area (Å²) in [6.07, 6.45) is 1.86. The van der Waals surface area contributed by atoms with E-state index in [4.69, 9.17) is 9.47 Å². The van der Waals surface area contributed by atoms with E-state index in [2.05, 4.69) is 51.5 Å². The zero-order valence-corrected chi connectivity index (χ0v) is 22.4. The van der Waals surface area contributed by atoms with Crippen molar-refractivity contribution in [3.63, 3.8) is 0 Å². The topological polar surface area (TPSA) is 54.0 Å². The fraction of sp³-hybridized carbons (Fsp3) is 0.367. The van der Waals surface area contributed by atoms with Gasteiger partial charge in [0.2, 0.25) is 0 Å². The molecule has 1 atom stereocenters. The van der Waals surface area contributed by atoms with Crippen molar-refractivity contribution in [2.24, 2.45) is 0 Å². The molecule has 7 heteroatoms. The predicted octanol–water partition coefficient (Wildman–Crippen LogP) is 5.38. The van der Waals surface area contributed by atoms with Gasteiger partial charge in [-0.25, -0.2) is 0 Å². The van der Waals surface area contributed by atoms with Crippen LogP contribution in [0.5, 0.6) is 11.5 Å². The number of benzene rings is 3. The quantitative estimate of drug-likeness (QED) is 0.288. The van der Waals surface area contributed by atoms with Gasteiger partial charge in [-0.05, 0) is 60.6 Å². The number of hydrogen-bond donors (Lipinski definition) is 1. The first-order valence-corrected chi connectivity index (χ1v) is 14.0. The van der Waals surface area contributed by atoms with Crippen molar-refractivity contribution in [1.29, 1.82) is 0 Å². The molecule has 0 spiro atoms. The highest BCUT2D eigenvalue weighted by atomic mass is 32.2. The summed E-state index contributed by atoms with van der Waals surface area (Å²) in [7, 11) is 3.30. The second-order valence-corrected chi connectivity index (χ2v) is 10.6. The molecule has 0 radical (unpaired) electrons. The number of piperazine rings is 1. The molecular formula is C30H35N3O3S. The molecule has 3 aromatic carbocycles. The van der Waals surface area contributed by atoms with Crippen LogP contribution < -0.4 is 19.7 Å². The van der Waals surface area contributed by atoms with E-state index in [0.717, 1.165) is 61.5 Å². The molecule has 194 valence electrons. The van der Waals surface area contributed by atoms with Crippen LogP contribution in [-0.4, -0.2) is 57.0 Å².